The number of hydrogen-bond donors (Lipinski definition) is 3. The lowest BCUT2D eigenvalue weighted by molar-refractivity contribution is 0.275. The van der Waals surface area contributed by atoms with Crippen molar-refractivity contribution in [1.29, 1.82) is 0 Å². The van der Waals surface area contributed by atoms with E-state index in [0.717, 1.165) is 10.8 Å². The van der Waals surface area contributed by atoms with Crippen LogP contribution in [0.2, 0.25) is 0 Å². The fourth-order valence-corrected chi connectivity index (χ4v) is 1.86. The van der Waals surface area contributed by atoms with Gasteiger partial charge in [-0.3, -0.25) is 4.79 Å². The molecule has 1 heterocycles. The SMILES string of the molecule is O=P(O)(O)O.O=c1cccc2nncc3ccccc3c1-2. The Kier molecular flexibility index (Phi) is 4.40. The van der Waals surface area contributed by atoms with E-state index in [1.54, 1.807) is 24.4 Å². The topological polar surface area (TPSA) is 121 Å². The molecule has 21 heavy (non-hydrogen) atoms. The zero-order valence-corrected chi connectivity index (χ0v) is 11.5. The van der Waals surface area contributed by atoms with Gasteiger partial charge in [-0.05, 0) is 17.5 Å². The molecule has 0 atom stereocenters. The predicted octanol–water partition coefficient (Wildman–Crippen LogP) is 1.17. The molecule has 1 aromatic carbocycles. The van der Waals surface area contributed by atoms with Gasteiger partial charge in [0.25, 0.3) is 0 Å². The third-order valence-electron chi connectivity index (χ3n) is 2.60. The minimum atomic E-state index is -4.64. The molecule has 3 N–H and O–H groups in total. The zero-order chi connectivity index (χ0) is 15.5. The highest BCUT2D eigenvalue weighted by atomic mass is 31.2. The molecular weight excluding hydrogens is 295 g/mol. The molecule has 0 unspecified atom stereocenters. The minimum Gasteiger partial charge on any atom is -0.303 e. The molecule has 8 heteroatoms. The summed E-state index contributed by atoms with van der Waals surface area (Å²) in [6, 6.07) is 12.7. The van der Waals surface area contributed by atoms with E-state index in [9.17, 15) is 4.79 Å². The van der Waals surface area contributed by atoms with Gasteiger partial charge in [0.1, 0.15) is 0 Å². The molecule has 0 amide bonds. The molecule has 1 aromatic rings. The molecule has 0 bridgehead atoms. The maximum absolute atomic E-state index is 11.9. The van der Waals surface area contributed by atoms with Crippen LogP contribution in [-0.2, 0) is 4.57 Å². The van der Waals surface area contributed by atoms with Crippen LogP contribution in [0.25, 0.3) is 22.0 Å². The van der Waals surface area contributed by atoms with E-state index < -0.39 is 7.82 Å². The lowest BCUT2D eigenvalue weighted by Gasteiger charge is -1.99. The number of aromatic nitrogens is 2. The third-order valence-corrected chi connectivity index (χ3v) is 2.60. The van der Waals surface area contributed by atoms with Crippen LogP contribution in [0.1, 0.15) is 0 Å². The van der Waals surface area contributed by atoms with Crippen molar-refractivity contribution in [2.24, 2.45) is 0 Å². The Morgan fingerprint density at radius 1 is 0.952 bits per heavy atom. The number of phosphoric acid groups is 1. The molecule has 0 spiro atoms. The van der Waals surface area contributed by atoms with Crippen LogP contribution in [0.5, 0.6) is 0 Å². The average Bonchev–Trinajstić information content (AvgIpc) is 2.56. The van der Waals surface area contributed by atoms with Gasteiger partial charge in [0.15, 0.2) is 5.43 Å². The van der Waals surface area contributed by atoms with Gasteiger partial charge in [0.05, 0.1) is 17.5 Å². The van der Waals surface area contributed by atoms with E-state index in [1.165, 1.54) is 0 Å². The molecule has 0 fully saturated rings. The molecule has 0 radical (unpaired) electrons. The van der Waals surface area contributed by atoms with Crippen LogP contribution < -0.4 is 5.43 Å². The van der Waals surface area contributed by atoms with Gasteiger partial charge in [-0.2, -0.15) is 10.2 Å². The van der Waals surface area contributed by atoms with Crippen LogP contribution in [0.15, 0.2) is 53.5 Å². The Labute approximate surface area is 119 Å². The second-order valence-corrected chi connectivity index (χ2v) is 5.12. The second kappa shape index (κ2) is 6.07. The summed E-state index contributed by atoms with van der Waals surface area (Å²) in [5, 5.41) is 9.81. The van der Waals surface area contributed by atoms with Gasteiger partial charge >= 0.3 is 7.82 Å². The molecule has 3 rings (SSSR count). The molecular formula is C13H11N2O5P. The molecule has 7 nitrogen and oxygen atoms in total. The number of rotatable bonds is 0. The normalized spacial score (nSPS) is 11.0. The van der Waals surface area contributed by atoms with E-state index >= 15 is 0 Å². The Morgan fingerprint density at radius 3 is 2.33 bits per heavy atom. The number of fused-ring (bicyclic) bond motifs is 3. The standard InChI is InChI=1S/C13H8N2O.H3O4P/c16-12-7-3-6-11-13(12)10-5-2-1-4-9(10)8-14-15-11;1-5(2,3)4/h1-8H;(H3,1,2,3,4). The molecule has 0 saturated heterocycles. The second-order valence-electron chi connectivity index (χ2n) is 4.10. The van der Waals surface area contributed by atoms with E-state index in [-0.39, 0.29) is 5.43 Å². The summed E-state index contributed by atoms with van der Waals surface area (Å²) in [6.45, 7) is 0. The summed E-state index contributed by atoms with van der Waals surface area (Å²) >= 11 is 0. The Balaban J connectivity index is 0.000000282. The van der Waals surface area contributed by atoms with E-state index in [1.807, 2.05) is 24.3 Å². The third kappa shape index (κ3) is 4.14. The van der Waals surface area contributed by atoms with Crippen molar-refractivity contribution in [2.75, 3.05) is 0 Å². The van der Waals surface area contributed by atoms with Gasteiger partial charge in [0, 0.05) is 5.39 Å². The Bertz CT molecular complexity index is 840. The molecule has 0 aromatic heterocycles. The summed E-state index contributed by atoms with van der Waals surface area (Å²) < 4.78 is 8.88. The maximum atomic E-state index is 11.9. The predicted molar refractivity (Wildman–Crippen MR) is 76.7 cm³/mol. The van der Waals surface area contributed by atoms with E-state index in [2.05, 4.69) is 10.2 Å². The van der Waals surface area contributed by atoms with E-state index in [4.69, 9.17) is 19.2 Å². The van der Waals surface area contributed by atoms with Crippen molar-refractivity contribution in [2.45, 2.75) is 0 Å². The van der Waals surface area contributed by atoms with Crippen molar-refractivity contribution in [3.05, 3.63) is 58.9 Å². The fourth-order valence-electron chi connectivity index (χ4n) is 1.86. The largest absolute Gasteiger partial charge is 0.466 e. The lowest BCUT2D eigenvalue weighted by Crippen LogP contribution is -2.03. The van der Waals surface area contributed by atoms with Crippen LogP contribution in [0.3, 0.4) is 0 Å². The summed E-state index contributed by atoms with van der Waals surface area (Å²) in [4.78, 5) is 33.4. The monoisotopic (exact) mass is 306 g/mol. The first-order valence-electron chi connectivity index (χ1n) is 5.78. The summed E-state index contributed by atoms with van der Waals surface area (Å²) in [5.74, 6) is 0. The van der Waals surface area contributed by atoms with Crippen LogP contribution in [-0.4, -0.2) is 24.9 Å². The van der Waals surface area contributed by atoms with E-state index in [0.29, 0.717) is 11.3 Å². The molecule has 2 aliphatic rings. The zero-order valence-electron chi connectivity index (χ0n) is 10.6. The van der Waals surface area contributed by atoms with Gasteiger partial charge < -0.3 is 14.7 Å². The average molecular weight is 306 g/mol. The number of nitrogens with zero attached hydrogens (tertiary/aromatic N) is 2. The number of hydrogen-bond acceptors (Lipinski definition) is 4. The molecule has 1 aliphatic heterocycles. The van der Waals surface area contributed by atoms with Crippen molar-refractivity contribution in [1.82, 2.24) is 10.2 Å². The Hall–Kier alpha value is -2.18. The quantitative estimate of drug-likeness (QED) is 0.533. The lowest BCUT2D eigenvalue weighted by atomic mass is 10.0. The molecule has 0 saturated carbocycles. The van der Waals surface area contributed by atoms with Crippen LogP contribution in [0.4, 0.5) is 0 Å². The minimum absolute atomic E-state index is 0.0146. The summed E-state index contributed by atoms with van der Waals surface area (Å²) in [5.41, 5.74) is 1.25. The van der Waals surface area contributed by atoms with Gasteiger partial charge in [-0.15, -0.1) is 0 Å². The van der Waals surface area contributed by atoms with Gasteiger partial charge in [0.2, 0.25) is 0 Å². The first kappa shape index (κ1) is 15.2. The van der Waals surface area contributed by atoms with Gasteiger partial charge in [-0.1, -0.05) is 30.3 Å². The fraction of sp³-hybridized carbons (Fsp3) is 0. The highest BCUT2D eigenvalue weighted by molar-refractivity contribution is 7.45. The van der Waals surface area contributed by atoms with Gasteiger partial charge in [-0.25, -0.2) is 4.57 Å². The summed E-state index contributed by atoms with van der Waals surface area (Å²) in [6.07, 6.45) is 1.68. The maximum Gasteiger partial charge on any atom is 0.466 e. The highest BCUT2D eigenvalue weighted by Crippen LogP contribution is 2.25. The highest BCUT2D eigenvalue weighted by Gasteiger charge is 2.09. The smallest absolute Gasteiger partial charge is 0.303 e. The molecule has 1 aliphatic carbocycles. The Morgan fingerprint density at radius 2 is 1.62 bits per heavy atom. The van der Waals surface area contributed by atoms with Crippen molar-refractivity contribution in [3.63, 3.8) is 0 Å². The first-order chi connectivity index (χ1) is 9.86. The molecule has 108 valence electrons. The van der Waals surface area contributed by atoms with Crippen LogP contribution in [0, 0.1) is 0 Å². The van der Waals surface area contributed by atoms with Crippen molar-refractivity contribution in [3.8, 4) is 11.3 Å². The van der Waals surface area contributed by atoms with Crippen molar-refractivity contribution >= 4 is 18.6 Å². The van der Waals surface area contributed by atoms with Crippen molar-refractivity contribution < 1.29 is 19.2 Å². The first-order valence-corrected chi connectivity index (χ1v) is 7.34. The van der Waals surface area contributed by atoms with Crippen LogP contribution >= 0.6 is 7.82 Å². The number of benzene rings is 2. The summed E-state index contributed by atoms with van der Waals surface area (Å²) in [7, 11) is -4.64.